The summed E-state index contributed by atoms with van der Waals surface area (Å²) in [6.07, 6.45) is 0.959. The molecule has 0 aliphatic carbocycles. The van der Waals surface area contributed by atoms with Crippen LogP contribution in [-0.4, -0.2) is 17.4 Å². The minimum Gasteiger partial charge on any atom is -0.352 e. The van der Waals surface area contributed by atoms with Gasteiger partial charge in [0.05, 0.1) is 4.92 Å². The predicted molar refractivity (Wildman–Crippen MR) is 69.9 cm³/mol. The summed E-state index contributed by atoms with van der Waals surface area (Å²) in [7, 11) is 0. The van der Waals surface area contributed by atoms with E-state index in [4.69, 9.17) is 11.6 Å². The van der Waals surface area contributed by atoms with E-state index in [9.17, 15) is 14.9 Å². The number of nitro groups is 1. The molecule has 1 atom stereocenters. The summed E-state index contributed by atoms with van der Waals surface area (Å²) in [6, 6.07) is 4.02. The maximum Gasteiger partial charge on any atom is 0.288 e. The number of amides is 1. The highest BCUT2D eigenvalue weighted by molar-refractivity contribution is 6.32. The third-order valence-electron chi connectivity index (χ3n) is 2.71. The van der Waals surface area contributed by atoms with E-state index in [1.165, 1.54) is 18.2 Å². The number of nitro benzene ring substituents is 1. The van der Waals surface area contributed by atoms with Crippen molar-refractivity contribution in [3.63, 3.8) is 0 Å². The molecule has 0 fully saturated rings. The zero-order valence-corrected chi connectivity index (χ0v) is 11.0. The molecule has 0 heterocycles. The standard InChI is InChI=1S/C12H15ClN2O3/c1-3-8(2)7-14-12(16)9-4-5-10(13)11(6-9)15(17)18/h4-6,8H,3,7H2,1-2H3,(H,14,16). The molecule has 1 rings (SSSR count). The van der Waals surface area contributed by atoms with E-state index < -0.39 is 4.92 Å². The monoisotopic (exact) mass is 270 g/mol. The Labute approximate surface area is 110 Å². The fourth-order valence-corrected chi connectivity index (χ4v) is 1.49. The van der Waals surface area contributed by atoms with Crippen LogP contribution in [0.1, 0.15) is 30.6 Å². The summed E-state index contributed by atoms with van der Waals surface area (Å²) >= 11 is 5.67. The summed E-state index contributed by atoms with van der Waals surface area (Å²) in [6.45, 7) is 4.60. The summed E-state index contributed by atoms with van der Waals surface area (Å²) in [5.74, 6) is 0.0475. The van der Waals surface area contributed by atoms with Gasteiger partial charge in [0.25, 0.3) is 11.6 Å². The zero-order chi connectivity index (χ0) is 13.7. The first-order valence-corrected chi connectivity index (χ1v) is 6.05. The maximum absolute atomic E-state index is 11.8. The van der Waals surface area contributed by atoms with Gasteiger partial charge in [0.15, 0.2) is 0 Å². The molecular formula is C12H15ClN2O3. The highest BCUT2D eigenvalue weighted by atomic mass is 35.5. The number of nitrogens with zero attached hydrogens (tertiary/aromatic N) is 1. The van der Waals surface area contributed by atoms with Crippen LogP contribution in [0.15, 0.2) is 18.2 Å². The Morgan fingerprint density at radius 2 is 2.22 bits per heavy atom. The van der Waals surface area contributed by atoms with E-state index in [1.54, 1.807) is 0 Å². The van der Waals surface area contributed by atoms with Crippen molar-refractivity contribution < 1.29 is 9.72 Å². The average Bonchev–Trinajstić information content (AvgIpc) is 2.35. The molecule has 0 radical (unpaired) electrons. The average molecular weight is 271 g/mol. The molecule has 0 bridgehead atoms. The van der Waals surface area contributed by atoms with Gasteiger partial charge in [-0.1, -0.05) is 31.9 Å². The van der Waals surface area contributed by atoms with Crippen molar-refractivity contribution in [2.75, 3.05) is 6.54 Å². The number of benzene rings is 1. The van der Waals surface area contributed by atoms with Crippen LogP contribution in [0, 0.1) is 16.0 Å². The highest BCUT2D eigenvalue weighted by Gasteiger charge is 2.16. The topological polar surface area (TPSA) is 72.2 Å². The van der Waals surface area contributed by atoms with Crippen LogP contribution < -0.4 is 5.32 Å². The van der Waals surface area contributed by atoms with Crippen LogP contribution in [0.3, 0.4) is 0 Å². The number of carbonyl (C=O) groups excluding carboxylic acids is 1. The summed E-state index contributed by atoms with van der Waals surface area (Å²) in [5, 5.41) is 13.5. The van der Waals surface area contributed by atoms with Crippen molar-refractivity contribution in [2.45, 2.75) is 20.3 Å². The number of rotatable bonds is 5. The number of hydrogen-bond acceptors (Lipinski definition) is 3. The predicted octanol–water partition coefficient (Wildman–Crippen LogP) is 3.02. The van der Waals surface area contributed by atoms with Crippen molar-refractivity contribution in [3.05, 3.63) is 38.9 Å². The lowest BCUT2D eigenvalue weighted by atomic mass is 10.1. The molecule has 1 amide bonds. The molecule has 98 valence electrons. The largest absolute Gasteiger partial charge is 0.352 e. The summed E-state index contributed by atoms with van der Waals surface area (Å²) < 4.78 is 0. The van der Waals surface area contributed by atoms with E-state index in [0.29, 0.717) is 12.5 Å². The van der Waals surface area contributed by atoms with Gasteiger partial charge in [0.2, 0.25) is 0 Å². The molecule has 0 saturated carbocycles. The Morgan fingerprint density at radius 1 is 1.56 bits per heavy atom. The smallest absolute Gasteiger partial charge is 0.288 e. The lowest BCUT2D eigenvalue weighted by Crippen LogP contribution is -2.28. The third-order valence-corrected chi connectivity index (χ3v) is 3.03. The molecule has 0 spiro atoms. The van der Waals surface area contributed by atoms with Gasteiger partial charge in [-0.15, -0.1) is 0 Å². The number of nitrogens with one attached hydrogen (secondary N) is 1. The van der Waals surface area contributed by atoms with E-state index in [1.807, 2.05) is 13.8 Å². The molecule has 0 aromatic heterocycles. The molecule has 1 aromatic rings. The maximum atomic E-state index is 11.8. The van der Waals surface area contributed by atoms with Gasteiger partial charge in [0, 0.05) is 18.2 Å². The normalized spacial score (nSPS) is 11.9. The SMILES string of the molecule is CCC(C)CNC(=O)c1ccc(Cl)c([N+](=O)[O-])c1. The van der Waals surface area contributed by atoms with Crippen LogP contribution in [0.2, 0.25) is 5.02 Å². The molecule has 18 heavy (non-hydrogen) atoms. The van der Waals surface area contributed by atoms with Gasteiger partial charge in [-0.2, -0.15) is 0 Å². The number of halogens is 1. The molecule has 0 saturated heterocycles. The van der Waals surface area contributed by atoms with Gasteiger partial charge in [0.1, 0.15) is 5.02 Å². The van der Waals surface area contributed by atoms with Crippen molar-refractivity contribution in [1.82, 2.24) is 5.32 Å². The summed E-state index contributed by atoms with van der Waals surface area (Å²) in [5.41, 5.74) is -0.0118. The van der Waals surface area contributed by atoms with Gasteiger partial charge < -0.3 is 5.32 Å². The van der Waals surface area contributed by atoms with E-state index in [0.717, 1.165) is 6.42 Å². The molecule has 6 heteroatoms. The Balaban J connectivity index is 2.80. The highest BCUT2D eigenvalue weighted by Crippen LogP contribution is 2.24. The minimum atomic E-state index is -0.603. The van der Waals surface area contributed by atoms with Crippen molar-refractivity contribution in [2.24, 2.45) is 5.92 Å². The molecule has 1 aromatic carbocycles. The molecule has 0 aliphatic rings. The van der Waals surface area contributed by atoms with Crippen molar-refractivity contribution >= 4 is 23.2 Å². The third kappa shape index (κ3) is 3.70. The van der Waals surface area contributed by atoms with Gasteiger partial charge in [-0.05, 0) is 18.1 Å². The van der Waals surface area contributed by atoms with E-state index >= 15 is 0 Å². The van der Waals surface area contributed by atoms with Crippen LogP contribution in [0.4, 0.5) is 5.69 Å². The van der Waals surface area contributed by atoms with Crippen LogP contribution in [0.5, 0.6) is 0 Å². The Morgan fingerprint density at radius 3 is 2.78 bits per heavy atom. The van der Waals surface area contributed by atoms with Crippen LogP contribution in [0.25, 0.3) is 0 Å². The molecule has 0 aliphatic heterocycles. The Bertz CT molecular complexity index is 463. The molecular weight excluding hydrogens is 256 g/mol. The molecule has 1 N–H and O–H groups in total. The first kappa shape index (κ1) is 14.4. The second-order valence-corrected chi connectivity index (χ2v) is 4.55. The quantitative estimate of drug-likeness (QED) is 0.660. The minimum absolute atomic E-state index is 0.0264. The van der Waals surface area contributed by atoms with Crippen molar-refractivity contribution in [3.8, 4) is 0 Å². The molecule has 5 nitrogen and oxygen atoms in total. The Kier molecular flexibility index (Phi) is 5.09. The van der Waals surface area contributed by atoms with E-state index in [2.05, 4.69) is 5.32 Å². The van der Waals surface area contributed by atoms with Crippen molar-refractivity contribution in [1.29, 1.82) is 0 Å². The second kappa shape index (κ2) is 6.35. The first-order valence-electron chi connectivity index (χ1n) is 5.67. The van der Waals surface area contributed by atoms with E-state index in [-0.39, 0.29) is 22.2 Å². The summed E-state index contributed by atoms with van der Waals surface area (Å²) in [4.78, 5) is 21.9. The second-order valence-electron chi connectivity index (χ2n) is 4.15. The number of hydrogen-bond donors (Lipinski definition) is 1. The molecule has 1 unspecified atom stereocenters. The van der Waals surface area contributed by atoms with Gasteiger partial charge in [-0.3, -0.25) is 14.9 Å². The first-order chi connectivity index (χ1) is 8.45. The lowest BCUT2D eigenvalue weighted by molar-refractivity contribution is -0.384. The lowest BCUT2D eigenvalue weighted by Gasteiger charge is -2.10. The fourth-order valence-electron chi connectivity index (χ4n) is 1.31. The fraction of sp³-hybridized carbons (Fsp3) is 0.417. The Hall–Kier alpha value is -1.62. The number of carbonyl (C=O) groups is 1. The van der Waals surface area contributed by atoms with Crippen LogP contribution >= 0.6 is 11.6 Å². The van der Waals surface area contributed by atoms with Gasteiger partial charge >= 0.3 is 0 Å². The zero-order valence-electron chi connectivity index (χ0n) is 10.3. The van der Waals surface area contributed by atoms with Gasteiger partial charge in [-0.25, -0.2) is 0 Å². The van der Waals surface area contributed by atoms with Crippen LogP contribution in [-0.2, 0) is 0 Å².